The van der Waals surface area contributed by atoms with Crippen molar-refractivity contribution in [1.29, 1.82) is 0 Å². The molecule has 0 spiro atoms. The Morgan fingerprint density at radius 2 is 1.39 bits per heavy atom. The van der Waals surface area contributed by atoms with E-state index in [9.17, 15) is 14.4 Å². The van der Waals surface area contributed by atoms with Gasteiger partial charge in [-0.1, -0.05) is 61.8 Å². The number of imide groups is 2. The first-order chi connectivity index (χ1) is 12.6. The molecule has 1 aliphatic rings. The van der Waals surface area contributed by atoms with Crippen LogP contribution in [0.3, 0.4) is 0 Å². The summed E-state index contributed by atoms with van der Waals surface area (Å²) in [6, 6.07) is -0.475. The standard InChI is InChI=1S/C23H42N2O3/c1-16(13-22(3,4)5)10-11-18(17(2)14-23(6,7)8)15-25-20(27)12-19(26)24(9)21(25)28/h16-18H,10-15H2,1-9H3. The summed E-state index contributed by atoms with van der Waals surface area (Å²) >= 11 is 0. The lowest BCUT2D eigenvalue weighted by Crippen LogP contribution is -2.55. The van der Waals surface area contributed by atoms with Crippen LogP contribution < -0.4 is 0 Å². The van der Waals surface area contributed by atoms with Crippen LogP contribution in [0.1, 0.15) is 87.5 Å². The van der Waals surface area contributed by atoms with E-state index < -0.39 is 11.9 Å². The molecule has 5 heteroatoms. The largest absolute Gasteiger partial charge is 0.333 e. The van der Waals surface area contributed by atoms with Gasteiger partial charge in [-0.3, -0.25) is 19.4 Å². The first kappa shape index (κ1) is 24.6. The molecule has 3 atom stereocenters. The second kappa shape index (κ2) is 9.41. The zero-order chi connectivity index (χ0) is 21.9. The van der Waals surface area contributed by atoms with Gasteiger partial charge in [-0.15, -0.1) is 0 Å². The van der Waals surface area contributed by atoms with Crippen LogP contribution in [0.15, 0.2) is 0 Å². The molecule has 1 fully saturated rings. The molecule has 0 aromatic carbocycles. The molecule has 28 heavy (non-hydrogen) atoms. The molecule has 0 bridgehead atoms. The highest BCUT2D eigenvalue weighted by molar-refractivity contribution is 6.13. The van der Waals surface area contributed by atoms with Gasteiger partial charge in [0.1, 0.15) is 6.42 Å². The lowest BCUT2D eigenvalue weighted by atomic mass is 9.76. The van der Waals surface area contributed by atoms with Crippen LogP contribution in [-0.2, 0) is 9.59 Å². The number of amides is 4. The van der Waals surface area contributed by atoms with E-state index in [1.165, 1.54) is 11.9 Å². The maximum absolute atomic E-state index is 12.5. The van der Waals surface area contributed by atoms with Crippen LogP contribution in [0.5, 0.6) is 0 Å². The molecule has 0 aliphatic carbocycles. The molecule has 162 valence electrons. The van der Waals surface area contributed by atoms with Crippen molar-refractivity contribution in [1.82, 2.24) is 9.80 Å². The molecule has 1 aliphatic heterocycles. The summed E-state index contributed by atoms with van der Waals surface area (Å²) in [5.74, 6) is 0.469. The molecule has 4 amide bonds. The summed E-state index contributed by atoms with van der Waals surface area (Å²) < 4.78 is 0. The third kappa shape index (κ3) is 7.92. The average molecular weight is 395 g/mol. The van der Waals surface area contributed by atoms with E-state index in [-0.39, 0.29) is 23.7 Å². The van der Waals surface area contributed by atoms with Crippen LogP contribution in [0.4, 0.5) is 4.79 Å². The van der Waals surface area contributed by atoms with Gasteiger partial charge in [-0.25, -0.2) is 4.79 Å². The zero-order valence-electron chi connectivity index (χ0n) is 19.6. The lowest BCUT2D eigenvalue weighted by molar-refractivity contribution is -0.142. The number of urea groups is 1. The minimum atomic E-state index is -0.475. The van der Waals surface area contributed by atoms with E-state index in [1.54, 1.807) is 0 Å². The molecule has 1 heterocycles. The van der Waals surface area contributed by atoms with Crippen LogP contribution in [0, 0.1) is 28.6 Å². The molecule has 0 saturated carbocycles. The Bertz CT molecular complexity index is 571. The van der Waals surface area contributed by atoms with E-state index in [0.717, 1.165) is 30.6 Å². The lowest BCUT2D eigenvalue weighted by Gasteiger charge is -2.36. The van der Waals surface area contributed by atoms with Crippen molar-refractivity contribution in [3.05, 3.63) is 0 Å². The zero-order valence-corrected chi connectivity index (χ0v) is 19.6. The van der Waals surface area contributed by atoms with Crippen molar-refractivity contribution in [2.24, 2.45) is 28.6 Å². The highest BCUT2D eigenvalue weighted by Crippen LogP contribution is 2.34. The maximum atomic E-state index is 12.5. The van der Waals surface area contributed by atoms with Crippen molar-refractivity contribution in [2.75, 3.05) is 13.6 Å². The minimum Gasteiger partial charge on any atom is -0.274 e. The predicted molar refractivity (Wildman–Crippen MR) is 114 cm³/mol. The van der Waals surface area contributed by atoms with Crippen molar-refractivity contribution >= 4 is 17.8 Å². The van der Waals surface area contributed by atoms with Crippen LogP contribution >= 0.6 is 0 Å². The van der Waals surface area contributed by atoms with E-state index in [4.69, 9.17) is 0 Å². The Morgan fingerprint density at radius 3 is 1.89 bits per heavy atom. The third-order valence-electron chi connectivity index (χ3n) is 5.64. The smallest absolute Gasteiger partial charge is 0.274 e. The highest BCUT2D eigenvalue weighted by atomic mass is 16.2. The number of hydrogen-bond acceptors (Lipinski definition) is 3. The maximum Gasteiger partial charge on any atom is 0.333 e. The first-order valence-electron chi connectivity index (χ1n) is 10.7. The molecule has 3 unspecified atom stereocenters. The fraction of sp³-hybridized carbons (Fsp3) is 0.870. The molecule has 1 saturated heterocycles. The molecule has 0 aromatic rings. The number of hydrogen-bond donors (Lipinski definition) is 0. The quantitative estimate of drug-likeness (QED) is 0.522. The summed E-state index contributed by atoms with van der Waals surface area (Å²) in [4.78, 5) is 39.1. The Balaban J connectivity index is 2.89. The van der Waals surface area contributed by atoms with E-state index in [1.807, 2.05) is 0 Å². The number of carbonyl (C=O) groups excluding carboxylic acids is 3. The van der Waals surface area contributed by atoms with Gasteiger partial charge in [0.15, 0.2) is 0 Å². The fourth-order valence-corrected chi connectivity index (χ4v) is 4.49. The summed E-state index contributed by atoms with van der Waals surface area (Å²) in [7, 11) is 1.46. The molecule has 5 nitrogen and oxygen atoms in total. The van der Waals surface area contributed by atoms with E-state index in [0.29, 0.717) is 23.8 Å². The average Bonchev–Trinajstić information content (AvgIpc) is 2.48. The Labute approximate surface area is 172 Å². The summed E-state index contributed by atoms with van der Waals surface area (Å²) in [5.41, 5.74) is 0.491. The monoisotopic (exact) mass is 394 g/mol. The van der Waals surface area contributed by atoms with Gasteiger partial charge in [-0.2, -0.15) is 0 Å². The summed E-state index contributed by atoms with van der Waals surface area (Å²) in [5, 5.41) is 0. The molecule has 0 radical (unpaired) electrons. The van der Waals surface area contributed by atoms with Gasteiger partial charge in [-0.05, 0) is 47.8 Å². The van der Waals surface area contributed by atoms with Crippen molar-refractivity contribution in [2.45, 2.75) is 87.5 Å². The predicted octanol–water partition coefficient (Wildman–Crippen LogP) is 5.34. The molecule has 1 rings (SSSR count). The number of barbiturate groups is 1. The fourth-order valence-electron chi connectivity index (χ4n) is 4.49. The topological polar surface area (TPSA) is 57.7 Å². The molecule has 0 aromatic heterocycles. The Morgan fingerprint density at radius 1 is 0.857 bits per heavy atom. The molecule has 0 N–H and O–H groups in total. The van der Waals surface area contributed by atoms with Gasteiger partial charge in [0.2, 0.25) is 11.8 Å². The van der Waals surface area contributed by atoms with Crippen LogP contribution in [0.25, 0.3) is 0 Å². The number of nitrogens with zero attached hydrogens (tertiary/aromatic N) is 2. The number of carbonyl (C=O) groups is 3. The molecular formula is C23H42N2O3. The van der Waals surface area contributed by atoms with Crippen LogP contribution in [-0.4, -0.2) is 41.2 Å². The summed E-state index contributed by atoms with van der Waals surface area (Å²) in [6.45, 7) is 18.4. The van der Waals surface area contributed by atoms with Crippen molar-refractivity contribution in [3.8, 4) is 0 Å². The SMILES string of the molecule is CC(CCC(CN1C(=O)CC(=O)N(C)C1=O)C(C)CC(C)(C)C)CC(C)(C)C. The van der Waals surface area contributed by atoms with Gasteiger partial charge in [0.25, 0.3) is 0 Å². The minimum absolute atomic E-state index is 0.192. The van der Waals surface area contributed by atoms with Crippen LogP contribution in [0.2, 0.25) is 0 Å². The van der Waals surface area contributed by atoms with Gasteiger partial charge in [0.05, 0.1) is 0 Å². The Kier molecular flexibility index (Phi) is 8.28. The van der Waals surface area contributed by atoms with Crippen molar-refractivity contribution in [3.63, 3.8) is 0 Å². The second-order valence-electron chi connectivity index (χ2n) is 11.4. The second-order valence-corrected chi connectivity index (χ2v) is 11.4. The van der Waals surface area contributed by atoms with Gasteiger partial charge in [0, 0.05) is 13.6 Å². The number of rotatable bonds is 8. The highest BCUT2D eigenvalue weighted by Gasteiger charge is 2.38. The first-order valence-corrected chi connectivity index (χ1v) is 10.7. The third-order valence-corrected chi connectivity index (χ3v) is 5.64. The van der Waals surface area contributed by atoms with Gasteiger partial charge < -0.3 is 0 Å². The van der Waals surface area contributed by atoms with Gasteiger partial charge >= 0.3 is 6.03 Å². The van der Waals surface area contributed by atoms with Crippen molar-refractivity contribution < 1.29 is 14.4 Å². The van der Waals surface area contributed by atoms with E-state index >= 15 is 0 Å². The Hall–Kier alpha value is -1.39. The van der Waals surface area contributed by atoms with E-state index in [2.05, 4.69) is 55.4 Å². The summed E-state index contributed by atoms with van der Waals surface area (Å²) in [6.07, 6.45) is 4.07. The molecular weight excluding hydrogens is 352 g/mol. The normalized spacial score (nSPS) is 19.8.